The van der Waals surface area contributed by atoms with Crippen molar-refractivity contribution in [1.29, 1.82) is 0 Å². The minimum atomic E-state index is -0.465. The van der Waals surface area contributed by atoms with E-state index in [1.165, 1.54) is 18.2 Å². The van der Waals surface area contributed by atoms with Gasteiger partial charge < -0.3 is 4.42 Å². The lowest BCUT2D eigenvalue weighted by atomic mass is 10.2. The molecule has 2 rings (SSSR count). The minimum Gasteiger partial charge on any atom is -0.423 e. The number of hydrogen-bond acceptors (Lipinski definition) is 2. The van der Waals surface area contributed by atoms with Crippen LogP contribution in [-0.2, 0) is 0 Å². The van der Waals surface area contributed by atoms with Crippen molar-refractivity contribution in [2.75, 3.05) is 0 Å². The van der Waals surface area contributed by atoms with Gasteiger partial charge in [0.05, 0.1) is 0 Å². The van der Waals surface area contributed by atoms with Crippen LogP contribution in [0, 0.1) is 5.82 Å². The lowest BCUT2D eigenvalue weighted by molar-refractivity contribution is 0.554. The van der Waals surface area contributed by atoms with Gasteiger partial charge in [0.25, 0.3) is 0 Å². The van der Waals surface area contributed by atoms with E-state index in [0.717, 1.165) is 5.39 Å². The van der Waals surface area contributed by atoms with E-state index in [2.05, 4.69) is 0 Å². The van der Waals surface area contributed by atoms with Gasteiger partial charge in [-0.1, -0.05) is 0 Å². The highest BCUT2D eigenvalue weighted by Gasteiger charge is 1.97. The lowest BCUT2D eigenvalue weighted by Crippen LogP contribution is -1.94. The molecule has 0 radical (unpaired) electrons. The highest BCUT2D eigenvalue weighted by Crippen LogP contribution is 2.12. The molecule has 3 heteroatoms. The van der Waals surface area contributed by atoms with Gasteiger partial charge in [-0.2, -0.15) is 0 Å². The predicted octanol–water partition coefficient (Wildman–Crippen LogP) is 1.93. The Kier molecular flexibility index (Phi) is 1.43. The van der Waals surface area contributed by atoms with Crippen LogP contribution >= 0.6 is 0 Å². The number of halogens is 1. The number of benzene rings is 1. The zero-order valence-corrected chi connectivity index (χ0v) is 6.08. The van der Waals surface area contributed by atoms with E-state index in [1.54, 1.807) is 12.1 Å². The molecular formula is C9H5FO2. The second kappa shape index (κ2) is 2.44. The van der Waals surface area contributed by atoms with Crippen LogP contribution in [0.3, 0.4) is 0 Å². The third-order valence-corrected chi connectivity index (χ3v) is 1.59. The maximum absolute atomic E-state index is 12.6. The Morgan fingerprint density at radius 3 is 2.75 bits per heavy atom. The molecule has 0 aliphatic carbocycles. The molecule has 1 heterocycles. The smallest absolute Gasteiger partial charge is 0.336 e. The third-order valence-electron chi connectivity index (χ3n) is 1.59. The van der Waals surface area contributed by atoms with Crippen molar-refractivity contribution in [1.82, 2.24) is 0 Å². The highest BCUT2D eigenvalue weighted by molar-refractivity contribution is 5.75. The van der Waals surface area contributed by atoms with Gasteiger partial charge in [-0.25, -0.2) is 9.18 Å². The van der Waals surface area contributed by atoms with Gasteiger partial charge in [-0.3, -0.25) is 0 Å². The highest BCUT2D eigenvalue weighted by atomic mass is 19.1. The normalized spacial score (nSPS) is 10.4. The average Bonchev–Trinajstić information content (AvgIpc) is 2.03. The molecule has 0 atom stereocenters. The summed E-state index contributed by atoms with van der Waals surface area (Å²) in [5.74, 6) is -0.406. The fourth-order valence-electron chi connectivity index (χ4n) is 1.03. The van der Waals surface area contributed by atoms with Crippen LogP contribution in [0.1, 0.15) is 0 Å². The molecule has 0 fully saturated rings. The summed E-state index contributed by atoms with van der Waals surface area (Å²) < 4.78 is 17.4. The van der Waals surface area contributed by atoms with Crippen molar-refractivity contribution in [2.24, 2.45) is 0 Å². The Hall–Kier alpha value is -1.64. The van der Waals surface area contributed by atoms with Crippen molar-refractivity contribution in [3.05, 3.63) is 46.6 Å². The molecule has 0 aliphatic rings. The van der Waals surface area contributed by atoms with E-state index in [4.69, 9.17) is 4.42 Å². The summed E-state index contributed by atoms with van der Waals surface area (Å²) in [7, 11) is 0. The molecule has 0 aliphatic heterocycles. The fraction of sp³-hybridized carbons (Fsp3) is 0. The Balaban J connectivity index is 2.89. The van der Waals surface area contributed by atoms with Crippen LogP contribution in [0.15, 0.2) is 39.5 Å². The monoisotopic (exact) mass is 164 g/mol. The van der Waals surface area contributed by atoms with Crippen molar-refractivity contribution in [3.63, 3.8) is 0 Å². The Bertz CT molecular complexity index is 473. The van der Waals surface area contributed by atoms with E-state index in [1.807, 2.05) is 0 Å². The summed E-state index contributed by atoms with van der Waals surface area (Å²) >= 11 is 0. The van der Waals surface area contributed by atoms with Crippen LogP contribution in [0.2, 0.25) is 0 Å². The zero-order chi connectivity index (χ0) is 8.55. The van der Waals surface area contributed by atoms with Crippen LogP contribution in [0.4, 0.5) is 4.39 Å². The Labute approximate surface area is 67.2 Å². The Morgan fingerprint density at radius 1 is 1.17 bits per heavy atom. The molecule has 1 aromatic carbocycles. The molecule has 0 saturated heterocycles. The van der Waals surface area contributed by atoms with E-state index >= 15 is 0 Å². The average molecular weight is 164 g/mol. The van der Waals surface area contributed by atoms with Gasteiger partial charge in [0.15, 0.2) is 0 Å². The lowest BCUT2D eigenvalue weighted by Gasteiger charge is -1.93. The van der Waals surface area contributed by atoms with E-state index in [9.17, 15) is 9.18 Å². The first kappa shape index (κ1) is 7.03. The quantitative estimate of drug-likeness (QED) is 0.557. The first-order valence-electron chi connectivity index (χ1n) is 3.45. The van der Waals surface area contributed by atoms with E-state index in [0.29, 0.717) is 0 Å². The summed E-state index contributed by atoms with van der Waals surface area (Å²) in [6.45, 7) is 0. The zero-order valence-electron chi connectivity index (χ0n) is 6.08. The van der Waals surface area contributed by atoms with Crippen molar-refractivity contribution >= 4 is 11.0 Å². The molecule has 0 saturated carbocycles. The molecule has 1 aromatic heterocycles. The van der Waals surface area contributed by atoms with Crippen molar-refractivity contribution < 1.29 is 8.81 Å². The van der Waals surface area contributed by atoms with Crippen LogP contribution < -0.4 is 5.63 Å². The molecule has 0 N–H and O–H groups in total. The maximum Gasteiger partial charge on any atom is 0.336 e. The van der Waals surface area contributed by atoms with Crippen LogP contribution in [0.5, 0.6) is 0 Å². The standard InChI is InChI=1S/C9H5FO2/c10-7-3-1-6-2-4-9(11)12-8(6)5-7/h1-5H. The number of rotatable bonds is 0. The molecule has 0 bridgehead atoms. The summed E-state index contributed by atoms with van der Waals surface area (Å²) in [5, 5.41) is 0.719. The molecule has 2 nitrogen and oxygen atoms in total. The van der Waals surface area contributed by atoms with Gasteiger partial charge >= 0.3 is 5.63 Å². The molecule has 0 unspecified atom stereocenters. The molecule has 60 valence electrons. The molecule has 12 heavy (non-hydrogen) atoms. The predicted molar refractivity (Wildman–Crippen MR) is 42.4 cm³/mol. The maximum atomic E-state index is 12.6. The second-order valence-corrected chi connectivity index (χ2v) is 2.44. The first-order valence-corrected chi connectivity index (χ1v) is 3.45. The van der Waals surface area contributed by atoms with Gasteiger partial charge in [-0.15, -0.1) is 0 Å². The Morgan fingerprint density at radius 2 is 1.92 bits per heavy atom. The van der Waals surface area contributed by atoms with Gasteiger partial charge in [0.2, 0.25) is 0 Å². The molecular weight excluding hydrogens is 159 g/mol. The summed E-state index contributed by atoms with van der Waals surface area (Å²) in [5.41, 5.74) is -0.185. The fourth-order valence-corrected chi connectivity index (χ4v) is 1.03. The summed E-state index contributed by atoms with van der Waals surface area (Å²) in [6, 6.07) is 6.98. The summed E-state index contributed by atoms with van der Waals surface area (Å²) in [6.07, 6.45) is 0. The largest absolute Gasteiger partial charge is 0.423 e. The molecule has 0 spiro atoms. The number of fused-ring (bicyclic) bond motifs is 1. The van der Waals surface area contributed by atoms with E-state index in [-0.39, 0.29) is 5.58 Å². The van der Waals surface area contributed by atoms with Gasteiger partial charge in [0.1, 0.15) is 11.4 Å². The van der Waals surface area contributed by atoms with Crippen molar-refractivity contribution in [3.8, 4) is 0 Å². The topological polar surface area (TPSA) is 30.2 Å². The first-order chi connectivity index (χ1) is 5.75. The van der Waals surface area contributed by atoms with Gasteiger partial charge in [-0.05, 0) is 18.2 Å². The summed E-state index contributed by atoms with van der Waals surface area (Å²) in [4.78, 5) is 10.7. The van der Waals surface area contributed by atoms with E-state index < -0.39 is 11.4 Å². The third kappa shape index (κ3) is 1.09. The molecule has 2 aromatic rings. The second-order valence-electron chi connectivity index (χ2n) is 2.44. The molecule has 0 amide bonds. The van der Waals surface area contributed by atoms with Gasteiger partial charge in [0, 0.05) is 17.5 Å². The number of hydrogen-bond donors (Lipinski definition) is 0. The minimum absolute atomic E-state index is 0.280. The van der Waals surface area contributed by atoms with Crippen LogP contribution in [0.25, 0.3) is 11.0 Å². The van der Waals surface area contributed by atoms with Crippen LogP contribution in [-0.4, -0.2) is 0 Å². The SMILES string of the molecule is O=c1ccc2ccc(F)cc2o1. The van der Waals surface area contributed by atoms with Crippen molar-refractivity contribution in [2.45, 2.75) is 0 Å².